The monoisotopic (exact) mass is 413 g/mol. The minimum atomic E-state index is -4.60. The van der Waals surface area contributed by atoms with E-state index in [1.54, 1.807) is 18.2 Å². The van der Waals surface area contributed by atoms with Crippen LogP contribution in [0.4, 0.5) is 18.9 Å². The van der Waals surface area contributed by atoms with Crippen molar-refractivity contribution < 1.29 is 27.6 Å². The highest BCUT2D eigenvalue weighted by Gasteiger charge is 2.33. The number of alkyl halides is 3. The van der Waals surface area contributed by atoms with Crippen LogP contribution in [0.15, 0.2) is 41.4 Å². The van der Waals surface area contributed by atoms with Crippen LogP contribution in [0.25, 0.3) is 0 Å². The number of aromatic nitrogens is 2. The van der Waals surface area contributed by atoms with Gasteiger partial charge in [0.15, 0.2) is 5.69 Å². The topological polar surface area (TPSA) is 105 Å². The number of amides is 3. The number of para-hydroxylation sites is 1. The van der Waals surface area contributed by atoms with Gasteiger partial charge in [0.2, 0.25) is 11.8 Å². The zero-order chi connectivity index (χ0) is 20.3. The van der Waals surface area contributed by atoms with Crippen molar-refractivity contribution in [1.29, 1.82) is 0 Å². The summed E-state index contributed by atoms with van der Waals surface area (Å²) in [6.07, 6.45) is -3.79. The largest absolute Gasteiger partial charge is 0.435 e. The number of hydrazine groups is 1. The number of carbonyl (C=O) groups excluding carboxylic acids is 3. The van der Waals surface area contributed by atoms with Gasteiger partial charge in [0.05, 0.1) is 10.9 Å². The molecule has 1 atom stereocenters. The number of nitrogens with one attached hydrogen (secondary N) is 3. The summed E-state index contributed by atoms with van der Waals surface area (Å²) < 4.78 is 38.2. The summed E-state index contributed by atoms with van der Waals surface area (Å²) in [4.78, 5) is 36.6. The first-order chi connectivity index (χ1) is 13.2. The van der Waals surface area contributed by atoms with E-state index in [4.69, 9.17) is 0 Å². The molecule has 148 valence electrons. The van der Waals surface area contributed by atoms with Gasteiger partial charge in [-0.15, -0.1) is 11.8 Å². The third kappa shape index (κ3) is 4.82. The summed E-state index contributed by atoms with van der Waals surface area (Å²) in [5.74, 6) is -1.71. The van der Waals surface area contributed by atoms with E-state index in [1.807, 2.05) is 6.07 Å². The van der Waals surface area contributed by atoms with Crippen LogP contribution in [0.2, 0.25) is 0 Å². The second-order valence-electron chi connectivity index (χ2n) is 5.79. The minimum Gasteiger partial charge on any atom is -0.324 e. The number of halogens is 3. The van der Waals surface area contributed by atoms with Crippen LogP contribution >= 0.6 is 11.8 Å². The zero-order valence-electron chi connectivity index (χ0n) is 14.1. The summed E-state index contributed by atoms with van der Waals surface area (Å²) in [5, 5.41) is 5.26. The van der Waals surface area contributed by atoms with E-state index in [1.165, 1.54) is 11.8 Å². The number of anilines is 1. The molecule has 0 radical (unpaired) electrons. The first-order valence-corrected chi connectivity index (χ1v) is 8.85. The summed E-state index contributed by atoms with van der Waals surface area (Å²) in [5.41, 5.74) is 3.76. The lowest BCUT2D eigenvalue weighted by Gasteiger charge is -2.23. The first-order valence-electron chi connectivity index (χ1n) is 7.97. The second kappa shape index (κ2) is 7.92. The maximum absolute atomic E-state index is 12.5. The van der Waals surface area contributed by atoms with Gasteiger partial charge in [-0.3, -0.25) is 29.9 Å². The average Bonchev–Trinajstić information content (AvgIpc) is 3.09. The number of fused-ring (bicyclic) bond motifs is 1. The molecule has 2 aromatic rings. The van der Waals surface area contributed by atoms with Gasteiger partial charge >= 0.3 is 6.18 Å². The quantitative estimate of drug-likeness (QED) is 0.660. The number of thioether (sulfide) groups is 1. The second-order valence-corrected chi connectivity index (χ2v) is 7.03. The maximum Gasteiger partial charge on any atom is 0.435 e. The molecule has 1 aliphatic heterocycles. The highest BCUT2D eigenvalue weighted by Crippen LogP contribution is 2.36. The van der Waals surface area contributed by atoms with Crippen LogP contribution in [-0.2, 0) is 27.1 Å². The number of benzene rings is 1. The Kier molecular flexibility index (Phi) is 5.58. The molecule has 28 heavy (non-hydrogen) atoms. The Morgan fingerprint density at radius 1 is 1.18 bits per heavy atom. The summed E-state index contributed by atoms with van der Waals surface area (Å²) in [7, 11) is 0. The van der Waals surface area contributed by atoms with E-state index in [-0.39, 0.29) is 12.3 Å². The van der Waals surface area contributed by atoms with Crippen molar-refractivity contribution in [2.24, 2.45) is 0 Å². The molecule has 1 aromatic heterocycles. The highest BCUT2D eigenvalue weighted by atomic mass is 32.2. The minimum absolute atomic E-state index is 0.189. The fourth-order valence-electron chi connectivity index (χ4n) is 2.37. The molecule has 0 saturated heterocycles. The normalized spacial score (nSPS) is 16.1. The van der Waals surface area contributed by atoms with E-state index in [0.717, 1.165) is 21.8 Å². The number of carbonyl (C=O) groups is 3. The van der Waals surface area contributed by atoms with Crippen molar-refractivity contribution in [1.82, 2.24) is 20.6 Å². The van der Waals surface area contributed by atoms with Gasteiger partial charge in [-0.05, 0) is 18.2 Å². The van der Waals surface area contributed by atoms with Crippen molar-refractivity contribution in [3.8, 4) is 0 Å². The van der Waals surface area contributed by atoms with Gasteiger partial charge < -0.3 is 5.32 Å². The van der Waals surface area contributed by atoms with Crippen LogP contribution in [0.3, 0.4) is 0 Å². The van der Waals surface area contributed by atoms with E-state index < -0.39 is 35.5 Å². The van der Waals surface area contributed by atoms with Crippen molar-refractivity contribution in [3.63, 3.8) is 0 Å². The van der Waals surface area contributed by atoms with Gasteiger partial charge in [0.1, 0.15) is 6.54 Å². The first kappa shape index (κ1) is 19.7. The summed E-state index contributed by atoms with van der Waals surface area (Å²) in [6.45, 7) is -0.512. The Morgan fingerprint density at radius 2 is 1.89 bits per heavy atom. The number of hydrogen-bond donors (Lipinski definition) is 3. The van der Waals surface area contributed by atoms with E-state index in [0.29, 0.717) is 5.69 Å². The molecule has 1 aliphatic rings. The van der Waals surface area contributed by atoms with Crippen LogP contribution < -0.4 is 16.2 Å². The zero-order valence-corrected chi connectivity index (χ0v) is 14.9. The Morgan fingerprint density at radius 3 is 2.61 bits per heavy atom. The Hall–Kier alpha value is -3.02. The van der Waals surface area contributed by atoms with Crippen LogP contribution in [-0.4, -0.2) is 32.8 Å². The average molecular weight is 413 g/mol. The maximum atomic E-state index is 12.5. The lowest BCUT2D eigenvalue weighted by atomic mass is 10.2. The number of nitrogens with zero attached hydrogens (tertiary/aromatic N) is 2. The molecular formula is C16H14F3N5O3S. The molecule has 0 unspecified atom stereocenters. The predicted molar refractivity (Wildman–Crippen MR) is 92.8 cm³/mol. The Balaban J connectivity index is 1.47. The van der Waals surface area contributed by atoms with Gasteiger partial charge in [-0.1, -0.05) is 12.1 Å². The lowest BCUT2D eigenvalue weighted by Crippen LogP contribution is -2.45. The molecule has 2 heterocycles. The standard InChI is InChI=1S/C16H14F3N5O3S/c17-16(18,19)12-5-6-24(23-12)8-14(26)22-21-13(25)7-11-15(27)20-9-3-1-2-4-10(9)28-11/h1-6,11H,7-8H2,(H,20,27)(H,21,25)(H,22,26)/t11-/m1/s1. The summed E-state index contributed by atoms with van der Waals surface area (Å²) >= 11 is 1.23. The van der Waals surface area contributed by atoms with Gasteiger partial charge in [-0.25, -0.2) is 0 Å². The molecular weight excluding hydrogens is 399 g/mol. The Labute approximate surface area is 160 Å². The molecule has 0 saturated carbocycles. The SMILES string of the molecule is O=C(C[C@H]1Sc2ccccc2NC1=O)NNC(=O)Cn1ccc(C(F)(F)F)n1. The fourth-order valence-corrected chi connectivity index (χ4v) is 3.48. The highest BCUT2D eigenvalue weighted by molar-refractivity contribution is 8.01. The fraction of sp³-hybridized carbons (Fsp3) is 0.250. The molecule has 0 spiro atoms. The molecule has 3 amide bonds. The van der Waals surface area contributed by atoms with E-state index >= 15 is 0 Å². The molecule has 0 aliphatic carbocycles. The van der Waals surface area contributed by atoms with E-state index in [2.05, 4.69) is 21.3 Å². The number of hydrogen-bond acceptors (Lipinski definition) is 5. The smallest absolute Gasteiger partial charge is 0.324 e. The van der Waals surface area contributed by atoms with Crippen LogP contribution in [0.1, 0.15) is 12.1 Å². The van der Waals surface area contributed by atoms with Crippen LogP contribution in [0, 0.1) is 0 Å². The predicted octanol–water partition coefficient (Wildman–Crippen LogP) is 1.55. The molecule has 0 fully saturated rings. The Bertz CT molecular complexity index is 915. The molecule has 0 bridgehead atoms. The third-order valence-electron chi connectivity index (χ3n) is 3.66. The van der Waals surface area contributed by atoms with Gasteiger partial charge in [0.25, 0.3) is 5.91 Å². The van der Waals surface area contributed by atoms with Crippen molar-refractivity contribution in [3.05, 3.63) is 42.2 Å². The third-order valence-corrected chi connectivity index (χ3v) is 4.93. The molecule has 3 N–H and O–H groups in total. The number of rotatable bonds is 4. The summed E-state index contributed by atoms with van der Waals surface area (Å²) in [6, 6.07) is 7.88. The lowest BCUT2D eigenvalue weighted by molar-refractivity contribution is -0.141. The van der Waals surface area contributed by atoms with Crippen molar-refractivity contribution in [2.45, 2.75) is 29.3 Å². The van der Waals surface area contributed by atoms with Crippen molar-refractivity contribution >= 4 is 35.2 Å². The van der Waals surface area contributed by atoms with Crippen molar-refractivity contribution in [2.75, 3.05) is 5.32 Å². The van der Waals surface area contributed by atoms with Gasteiger partial charge in [-0.2, -0.15) is 18.3 Å². The molecule has 12 heteroatoms. The molecule has 3 rings (SSSR count). The molecule has 8 nitrogen and oxygen atoms in total. The van der Waals surface area contributed by atoms with E-state index in [9.17, 15) is 27.6 Å². The van der Waals surface area contributed by atoms with Crippen LogP contribution in [0.5, 0.6) is 0 Å². The van der Waals surface area contributed by atoms with Gasteiger partial charge in [0, 0.05) is 17.5 Å². The molecule has 1 aromatic carbocycles.